The average molecular weight is 272 g/mol. The Kier molecular flexibility index (Phi) is 4.03. The normalized spacial score (nSPS) is 10.3. The number of carbonyl (C=O) groups excluding carboxylic acids is 1. The summed E-state index contributed by atoms with van der Waals surface area (Å²) in [5, 5.41) is 3.20. The number of hydrogen-bond donors (Lipinski definition) is 2. The van der Waals surface area contributed by atoms with Gasteiger partial charge in [0.25, 0.3) is 0 Å². The lowest BCUT2D eigenvalue weighted by Crippen LogP contribution is -2.12. The minimum absolute atomic E-state index is 0.226. The fourth-order valence-corrected chi connectivity index (χ4v) is 2.04. The highest BCUT2D eigenvalue weighted by molar-refractivity contribution is 5.93. The Morgan fingerprint density at radius 3 is 2.65 bits per heavy atom. The summed E-state index contributed by atoms with van der Waals surface area (Å²) >= 11 is 0. The van der Waals surface area contributed by atoms with Gasteiger partial charge in [-0.05, 0) is 49.2 Å². The van der Waals surface area contributed by atoms with Crippen molar-refractivity contribution in [1.82, 2.24) is 0 Å². The van der Waals surface area contributed by atoms with Gasteiger partial charge in [-0.1, -0.05) is 12.1 Å². The Balaban J connectivity index is 2.15. The van der Waals surface area contributed by atoms with E-state index in [0.717, 1.165) is 16.8 Å². The van der Waals surface area contributed by atoms with Crippen molar-refractivity contribution in [3.63, 3.8) is 0 Å². The SMILES string of the molecule is Cc1cc(C(N)=O)ccc1CNc1cccc(F)c1C. The van der Waals surface area contributed by atoms with E-state index in [1.165, 1.54) is 6.07 Å². The Labute approximate surface area is 117 Å². The molecule has 3 N–H and O–H groups in total. The molecule has 0 atom stereocenters. The molecule has 0 aliphatic carbocycles. The molecule has 0 saturated heterocycles. The molecule has 0 fully saturated rings. The third-order valence-corrected chi connectivity index (χ3v) is 3.36. The second-order valence-electron chi connectivity index (χ2n) is 4.77. The zero-order chi connectivity index (χ0) is 14.7. The number of nitrogens with one attached hydrogen (secondary N) is 1. The van der Waals surface area contributed by atoms with Gasteiger partial charge in [0.05, 0.1) is 0 Å². The van der Waals surface area contributed by atoms with Crippen LogP contribution in [0, 0.1) is 19.7 Å². The molecule has 0 aromatic heterocycles. The summed E-state index contributed by atoms with van der Waals surface area (Å²) in [7, 11) is 0. The van der Waals surface area contributed by atoms with Gasteiger partial charge >= 0.3 is 0 Å². The minimum atomic E-state index is -0.436. The minimum Gasteiger partial charge on any atom is -0.381 e. The first-order valence-corrected chi connectivity index (χ1v) is 6.37. The average Bonchev–Trinajstić information content (AvgIpc) is 2.41. The Morgan fingerprint density at radius 1 is 1.25 bits per heavy atom. The van der Waals surface area contributed by atoms with E-state index in [4.69, 9.17) is 5.73 Å². The molecule has 104 valence electrons. The van der Waals surface area contributed by atoms with E-state index < -0.39 is 5.91 Å². The number of amides is 1. The van der Waals surface area contributed by atoms with Crippen LogP contribution in [-0.2, 0) is 6.54 Å². The van der Waals surface area contributed by atoms with Crippen LogP contribution in [0.2, 0.25) is 0 Å². The van der Waals surface area contributed by atoms with Gasteiger partial charge < -0.3 is 11.1 Å². The largest absolute Gasteiger partial charge is 0.381 e. The molecule has 0 spiro atoms. The first-order valence-electron chi connectivity index (χ1n) is 6.37. The maximum absolute atomic E-state index is 13.4. The van der Waals surface area contributed by atoms with Crippen LogP contribution < -0.4 is 11.1 Å². The van der Waals surface area contributed by atoms with Gasteiger partial charge in [0.15, 0.2) is 0 Å². The van der Waals surface area contributed by atoms with Crippen molar-refractivity contribution < 1.29 is 9.18 Å². The van der Waals surface area contributed by atoms with E-state index in [0.29, 0.717) is 17.7 Å². The first kappa shape index (κ1) is 14.1. The van der Waals surface area contributed by atoms with Gasteiger partial charge in [0.2, 0.25) is 5.91 Å². The van der Waals surface area contributed by atoms with E-state index in [1.54, 1.807) is 25.1 Å². The summed E-state index contributed by atoms with van der Waals surface area (Å²) in [5.74, 6) is -0.663. The van der Waals surface area contributed by atoms with Crippen LogP contribution in [0.3, 0.4) is 0 Å². The standard InChI is InChI=1S/C16H17FN2O/c1-10-8-12(16(18)20)6-7-13(10)9-19-15-5-3-4-14(17)11(15)2/h3-8,19H,9H2,1-2H3,(H2,18,20). The molecule has 0 bridgehead atoms. The molecule has 0 saturated carbocycles. The maximum Gasteiger partial charge on any atom is 0.248 e. The number of halogens is 1. The van der Waals surface area contributed by atoms with E-state index in [1.807, 2.05) is 19.1 Å². The van der Waals surface area contributed by atoms with E-state index in [2.05, 4.69) is 5.32 Å². The molecular formula is C16H17FN2O. The van der Waals surface area contributed by atoms with Crippen molar-refractivity contribution >= 4 is 11.6 Å². The lowest BCUT2D eigenvalue weighted by atomic mass is 10.0. The molecule has 2 rings (SSSR count). The Hall–Kier alpha value is -2.36. The summed E-state index contributed by atoms with van der Waals surface area (Å²) in [6.07, 6.45) is 0. The van der Waals surface area contributed by atoms with E-state index >= 15 is 0 Å². The quantitative estimate of drug-likeness (QED) is 0.898. The van der Waals surface area contributed by atoms with Crippen molar-refractivity contribution in [2.45, 2.75) is 20.4 Å². The summed E-state index contributed by atoms with van der Waals surface area (Å²) < 4.78 is 13.4. The van der Waals surface area contributed by atoms with Crippen LogP contribution in [0.25, 0.3) is 0 Å². The third kappa shape index (κ3) is 2.96. The number of benzene rings is 2. The number of rotatable bonds is 4. The molecule has 0 heterocycles. The number of aryl methyl sites for hydroxylation is 1. The fourth-order valence-electron chi connectivity index (χ4n) is 2.04. The summed E-state index contributed by atoms with van der Waals surface area (Å²) in [6.45, 7) is 4.22. The van der Waals surface area contributed by atoms with Crippen LogP contribution >= 0.6 is 0 Å². The van der Waals surface area contributed by atoms with Crippen LogP contribution in [0.5, 0.6) is 0 Å². The molecule has 0 aliphatic heterocycles. The number of primary amides is 1. The van der Waals surface area contributed by atoms with Gasteiger partial charge in [0, 0.05) is 23.4 Å². The monoisotopic (exact) mass is 272 g/mol. The predicted molar refractivity (Wildman–Crippen MR) is 78.2 cm³/mol. The van der Waals surface area contributed by atoms with E-state index in [9.17, 15) is 9.18 Å². The topological polar surface area (TPSA) is 55.1 Å². The van der Waals surface area contributed by atoms with Crippen molar-refractivity contribution in [2.24, 2.45) is 5.73 Å². The molecule has 2 aromatic rings. The zero-order valence-electron chi connectivity index (χ0n) is 11.5. The van der Waals surface area contributed by atoms with Crippen LogP contribution in [0.4, 0.5) is 10.1 Å². The molecule has 0 unspecified atom stereocenters. The number of carbonyl (C=O) groups is 1. The Morgan fingerprint density at radius 2 is 2.00 bits per heavy atom. The summed E-state index contributed by atoms with van der Waals surface area (Å²) in [5.41, 5.74) is 9.11. The van der Waals surface area contributed by atoms with Crippen molar-refractivity contribution in [2.75, 3.05) is 5.32 Å². The first-order chi connectivity index (χ1) is 9.49. The van der Waals surface area contributed by atoms with Crippen molar-refractivity contribution in [3.8, 4) is 0 Å². The smallest absolute Gasteiger partial charge is 0.248 e. The van der Waals surface area contributed by atoms with Crippen LogP contribution in [-0.4, -0.2) is 5.91 Å². The van der Waals surface area contributed by atoms with Crippen molar-refractivity contribution in [3.05, 3.63) is 64.5 Å². The van der Waals surface area contributed by atoms with Gasteiger partial charge in [-0.15, -0.1) is 0 Å². The maximum atomic E-state index is 13.4. The number of nitrogens with two attached hydrogens (primary N) is 1. The van der Waals surface area contributed by atoms with Gasteiger partial charge in [-0.25, -0.2) is 4.39 Å². The van der Waals surface area contributed by atoms with Crippen molar-refractivity contribution in [1.29, 1.82) is 0 Å². The van der Waals surface area contributed by atoms with Crippen LogP contribution in [0.15, 0.2) is 36.4 Å². The molecule has 20 heavy (non-hydrogen) atoms. The lowest BCUT2D eigenvalue weighted by Gasteiger charge is -2.12. The van der Waals surface area contributed by atoms with Crippen LogP contribution in [0.1, 0.15) is 27.0 Å². The molecular weight excluding hydrogens is 255 g/mol. The molecule has 2 aromatic carbocycles. The highest BCUT2D eigenvalue weighted by Crippen LogP contribution is 2.19. The zero-order valence-corrected chi connectivity index (χ0v) is 11.5. The van der Waals surface area contributed by atoms with Gasteiger partial charge in [-0.3, -0.25) is 4.79 Å². The molecule has 0 aliphatic rings. The summed E-state index contributed by atoms with van der Waals surface area (Å²) in [4.78, 5) is 11.1. The molecule has 3 nitrogen and oxygen atoms in total. The second-order valence-corrected chi connectivity index (χ2v) is 4.77. The van der Waals surface area contributed by atoms with Gasteiger partial charge in [0.1, 0.15) is 5.82 Å². The molecule has 1 amide bonds. The fraction of sp³-hybridized carbons (Fsp3) is 0.188. The predicted octanol–water partition coefficient (Wildman–Crippen LogP) is 3.15. The lowest BCUT2D eigenvalue weighted by molar-refractivity contribution is 0.1000. The third-order valence-electron chi connectivity index (χ3n) is 3.36. The molecule has 4 heteroatoms. The molecule has 0 radical (unpaired) electrons. The Bertz CT molecular complexity index is 653. The highest BCUT2D eigenvalue weighted by atomic mass is 19.1. The number of anilines is 1. The second kappa shape index (κ2) is 5.74. The van der Waals surface area contributed by atoms with E-state index in [-0.39, 0.29) is 5.82 Å². The number of hydrogen-bond acceptors (Lipinski definition) is 2. The highest BCUT2D eigenvalue weighted by Gasteiger charge is 2.06. The summed E-state index contributed by atoms with van der Waals surface area (Å²) in [6, 6.07) is 10.3. The van der Waals surface area contributed by atoms with Gasteiger partial charge in [-0.2, -0.15) is 0 Å².